The molecule has 0 saturated heterocycles. The van der Waals surface area contributed by atoms with Crippen molar-refractivity contribution in [3.05, 3.63) is 69.9 Å². The summed E-state index contributed by atoms with van der Waals surface area (Å²) >= 11 is 1.56. The Kier molecular flexibility index (Phi) is 5.21. The molecule has 2 aliphatic carbocycles. The predicted octanol–water partition coefficient (Wildman–Crippen LogP) is 5.44. The van der Waals surface area contributed by atoms with Crippen LogP contribution in [0.2, 0.25) is 0 Å². The molecule has 1 aromatic heterocycles. The summed E-state index contributed by atoms with van der Waals surface area (Å²) in [4.78, 5) is 17.6. The van der Waals surface area contributed by atoms with Gasteiger partial charge in [0.2, 0.25) is 4.80 Å². The molecule has 3 aliphatic rings. The summed E-state index contributed by atoms with van der Waals surface area (Å²) in [5.41, 5.74) is 5.87. The number of aromatic nitrogens is 1. The van der Waals surface area contributed by atoms with Crippen LogP contribution >= 0.6 is 11.3 Å². The molecule has 1 aliphatic heterocycles. The number of ether oxygens (including phenoxy) is 1. The number of nitrogens with zero attached hydrogens (tertiary/aromatic N) is 3. The van der Waals surface area contributed by atoms with Gasteiger partial charge in [-0.05, 0) is 68.4 Å². The van der Waals surface area contributed by atoms with E-state index in [0.717, 1.165) is 33.7 Å². The van der Waals surface area contributed by atoms with Gasteiger partial charge >= 0.3 is 0 Å². The molecular formula is C27H26N4O2S. The summed E-state index contributed by atoms with van der Waals surface area (Å²) in [6.07, 6.45) is 9.20. The zero-order chi connectivity index (χ0) is 23.2. The SMILES string of the molecule is Cc1ccc(N=c2scc(-c3ccc4c(c3)NC(=O)CO4)n2N=CC2CC3C=CC2C3)c(C)c1. The van der Waals surface area contributed by atoms with Crippen LogP contribution in [0.15, 0.2) is 64.0 Å². The molecule has 1 amide bonds. The third-order valence-corrected chi connectivity index (χ3v) is 7.68. The molecule has 1 N–H and O–H groups in total. The van der Waals surface area contributed by atoms with Gasteiger partial charge in [-0.25, -0.2) is 9.67 Å². The minimum atomic E-state index is -0.143. The maximum absolute atomic E-state index is 11.8. The van der Waals surface area contributed by atoms with Gasteiger partial charge in [-0.2, -0.15) is 5.10 Å². The molecule has 1 saturated carbocycles. The Hall–Kier alpha value is -3.45. The molecule has 3 unspecified atom stereocenters. The number of carbonyl (C=O) groups excluding carboxylic acids is 1. The maximum atomic E-state index is 11.8. The van der Waals surface area contributed by atoms with E-state index in [4.69, 9.17) is 14.8 Å². The molecule has 0 radical (unpaired) electrons. The molecule has 2 aromatic carbocycles. The highest BCUT2D eigenvalue weighted by molar-refractivity contribution is 7.07. The van der Waals surface area contributed by atoms with Gasteiger partial charge in [-0.1, -0.05) is 29.8 Å². The van der Waals surface area contributed by atoms with Crippen molar-refractivity contribution < 1.29 is 9.53 Å². The van der Waals surface area contributed by atoms with Crippen molar-refractivity contribution in [1.29, 1.82) is 0 Å². The van der Waals surface area contributed by atoms with Gasteiger partial charge in [0.05, 0.1) is 17.1 Å². The van der Waals surface area contributed by atoms with Crippen molar-refractivity contribution in [3.8, 4) is 17.0 Å². The highest BCUT2D eigenvalue weighted by Gasteiger charge is 2.34. The molecule has 34 heavy (non-hydrogen) atoms. The Balaban J connectivity index is 1.44. The van der Waals surface area contributed by atoms with E-state index >= 15 is 0 Å². The Labute approximate surface area is 202 Å². The molecule has 0 spiro atoms. The van der Waals surface area contributed by atoms with Crippen molar-refractivity contribution in [3.63, 3.8) is 0 Å². The fraction of sp³-hybridized carbons (Fsp3) is 0.296. The maximum Gasteiger partial charge on any atom is 0.262 e. The largest absolute Gasteiger partial charge is 0.482 e. The van der Waals surface area contributed by atoms with E-state index in [0.29, 0.717) is 29.2 Å². The molecule has 6 rings (SSSR count). The first kappa shape index (κ1) is 21.1. The van der Waals surface area contributed by atoms with E-state index in [1.165, 1.54) is 12.0 Å². The number of rotatable bonds is 4. The second-order valence-corrected chi connectivity index (χ2v) is 10.2. The van der Waals surface area contributed by atoms with Crippen LogP contribution in [0.3, 0.4) is 0 Å². The number of hydrogen-bond acceptors (Lipinski definition) is 5. The van der Waals surface area contributed by atoms with E-state index in [2.05, 4.69) is 61.1 Å². The number of hydrogen-bond donors (Lipinski definition) is 1. The fourth-order valence-corrected chi connectivity index (χ4v) is 5.96. The first-order valence-corrected chi connectivity index (χ1v) is 12.5. The highest BCUT2D eigenvalue weighted by atomic mass is 32.1. The Morgan fingerprint density at radius 2 is 2.06 bits per heavy atom. The van der Waals surface area contributed by atoms with Crippen LogP contribution in [-0.2, 0) is 4.79 Å². The van der Waals surface area contributed by atoms with Crippen molar-refractivity contribution >= 4 is 34.8 Å². The van der Waals surface area contributed by atoms with Gasteiger partial charge in [0.25, 0.3) is 5.91 Å². The van der Waals surface area contributed by atoms with E-state index in [9.17, 15) is 4.79 Å². The van der Waals surface area contributed by atoms with Crippen molar-refractivity contribution in [2.24, 2.45) is 27.8 Å². The van der Waals surface area contributed by atoms with Crippen LogP contribution in [0.5, 0.6) is 5.75 Å². The standard InChI is InChI=1S/C27H26N4O2S/c1-16-3-7-22(17(2)9-16)30-27-31(28-13-21-11-18-4-5-19(21)10-18)24(15-34-27)20-6-8-25-23(12-20)29-26(32)14-33-25/h3-9,12-13,15,18-19,21H,10-11,14H2,1-2H3,(H,29,32). The molecule has 3 aromatic rings. The number of nitrogens with one attached hydrogen (secondary N) is 1. The zero-order valence-electron chi connectivity index (χ0n) is 19.2. The average molecular weight is 471 g/mol. The van der Waals surface area contributed by atoms with Crippen LogP contribution in [0, 0.1) is 31.6 Å². The predicted molar refractivity (Wildman–Crippen MR) is 136 cm³/mol. The van der Waals surface area contributed by atoms with Crippen LogP contribution in [-0.4, -0.2) is 23.4 Å². The molecule has 2 heterocycles. The van der Waals surface area contributed by atoms with E-state index in [1.54, 1.807) is 11.3 Å². The average Bonchev–Trinajstić information content (AvgIpc) is 3.55. The first-order valence-electron chi connectivity index (χ1n) is 11.7. The number of anilines is 1. The van der Waals surface area contributed by atoms with E-state index < -0.39 is 0 Å². The second kappa shape index (κ2) is 8.40. The summed E-state index contributed by atoms with van der Waals surface area (Å²) in [6, 6.07) is 12.1. The number of thiazole rings is 1. The van der Waals surface area contributed by atoms with E-state index in [-0.39, 0.29) is 12.5 Å². The van der Waals surface area contributed by atoms with Crippen LogP contribution < -0.4 is 14.9 Å². The number of carbonyl (C=O) groups is 1. The van der Waals surface area contributed by atoms with Gasteiger partial charge in [0, 0.05) is 23.1 Å². The minimum absolute atomic E-state index is 0.0476. The third kappa shape index (κ3) is 3.90. The van der Waals surface area contributed by atoms with Gasteiger partial charge in [-0.15, -0.1) is 11.3 Å². The van der Waals surface area contributed by atoms with Gasteiger partial charge in [0.1, 0.15) is 5.75 Å². The number of benzene rings is 2. The smallest absolute Gasteiger partial charge is 0.262 e. The Morgan fingerprint density at radius 3 is 2.85 bits per heavy atom. The van der Waals surface area contributed by atoms with Crippen molar-refractivity contribution in [2.75, 3.05) is 11.9 Å². The molecule has 7 heteroatoms. The van der Waals surface area contributed by atoms with Gasteiger partial charge in [-0.3, -0.25) is 4.79 Å². The van der Waals surface area contributed by atoms with Crippen LogP contribution in [0.25, 0.3) is 11.3 Å². The summed E-state index contributed by atoms with van der Waals surface area (Å²) in [6.45, 7) is 4.22. The normalized spacial score (nSPS) is 23.4. The first-order chi connectivity index (χ1) is 16.5. The number of fused-ring (bicyclic) bond motifs is 3. The van der Waals surface area contributed by atoms with Crippen molar-refractivity contribution in [1.82, 2.24) is 4.68 Å². The number of aryl methyl sites for hydroxylation is 2. The lowest BCUT2D eigenvalue weighted by Gasteiger charge is -2.18. The number of allylic oxidation sites excluding steroid dienone is 2. The highest BCUT2D eigenvalue weighted by Crippen LogP contribution is 2.42. The van der Waals surface area contributed by atoms with Crippen LogP contribution in [0.1, 0.15) is 24.0 Å². The van der Waals surface area contributed by atoms with Crippen molar-refractivity contribution in [2.45, 2.75) is 26.7 Å². The molecule has 1 fully saturated rings. The summed E-state index contributed by atoms with van der Waals surface area (Å²) in [5.74, 6) is 2.28. The summed E-state index contributed by atoms with van der Waals surface area (Å²) < 4.78 is 7.47. The molecule has 6 nitrogen and oxygen atoms in total. The summed E-state index contributed by atoms with van der Waals surface area (Å²) in [7, 11) is 0. The van der Waals surface area contributed by atoms with Crippen LogP contribution in [0.4, 0.5) is 11.4 Å². The van der Waals surface area contributed by atoms with Gasteiger partial charge in [0.15, 0.2) is 6.61 Å². The lowest BCUT2D eigenvalue weighted by molar-refractivity contribution is -0.118. The quantitative estimate of drug-likeness (QED) is 0.407. The molecule has 172 valence electrons. The zero-order valence-corrected chi connectivity index (χ0v) is 20.0. The lowest BCUT2D eigenvalue weighted by atomic mass is 9.95. The Morgan fingerprint density at radius 1 is 1.15 bits per heavy atom. The monoisotopic (exact) mass is 470 g/mol. The number of amides is 1. The fourth-order valence-electron chi connectivity index (χ4n) is 5.11. The third-order valence-electron chi connectivity index (χ3n) is 6.87. The topological polar surface area (TPSA) is 68.0 Å². The van der Waals surface area contributed by atoms with E-state index in [1.807, 2.05) is 22.9 Å². The molecule has 3 atom stereocenters. The minimum Gasteiger partial charge on any atom is -0.482 e. The summed E-state index contributed by atoms with van der Waals surface area (Å²) in [5, 5.41) is 9.95. The Bertz CT molecular complexity index is 1410. The molecule has 2 bridgehead atoms. The second-order valence-electron chi connectivity index (χ2n) is 9.37. The lowest BCUT2D eigenvalue weighted by Crippen LogP contribution is -2.25. The molecular weight excluding hydrogens is 444 g/mol. The van der Waals surface area contributed by atoms with Gasteiger partial charge < -0.3 is 10.1 Å².